The summed E-state index contributed by atoms with van der Waals surface area (Å²) in [6.07, 6.45) is 4.55. The van der Waals surface area contributed by atoms with Crippen molar-refractivity contribution in [2.24, 2.45) is 0 Å². The molecule has 7 heteroatoms. The molecule has 1 aliphatic heterocycles. The van der Waals surface area contributed by atoms with E-state index < -0.39 is 0 Å². The molecule has 26 heavy (non-hydrogen) atoms. The molecule has 4 rings (SSSR count). The number of hydrogen-bond acceptors (Lipinski definition) is 5. The van der Waals surface area contributed by atoms with Gasteiger partial charge >= 0.3 is 0 Å². The zero-order valence-electron chi connectivity index (χ0n) is 14.5. The molecule has 2 aromatic heterocycles. The standard InChI is InChI=1S/C19H20N4O2S/c1-2-14-6-3-4-7-15(14)10-22-12-17(20-21-22)19-23(18(24)13-26-19)11-16-8-5-9-25-16/h3-9,12,19H,2,10-11,13H2,1H3/t19-/m0/s1. The predicted molar refractivity (Wildman–Crippen MR) is 99.4 cm³/mol. The summed E-state index contributed by atoms with van der Waals surface area (Å²) in [5, 5.41) is 8.49. The molecule has 1 saturated heterocycles. The molecule has 134 valence electrons. The summed E-state index contributed by atoms with van der Waals surface area (Å²) in [6.45, 7) is 3.29. The highest BCUT2D eigenvalue weighted by atomic mass is 32.2. The van der Waals surface area contributed by atoms with Crippen LogP contribution in [0.3, 0.4) is 0 Å². The summed E-state index contributed by atoms with van der Waals surface area (Å²) < 4.78 is 7.24. The topological polar surface area (TPSA) is 64.2 Å². The van der Waals surface area contributed by atoms with Crippen LogP contribution in [0, 0.1) is 0 Å². The van der Waals surface area contributed by atoms with Gasteiger partial charge in [-0.05, 0) is 29.7 Å². The van der Waals surface area contributed by atoms with Crippen molar-refractivity contribution in [3.8, 4) is 0 Å². The van der Waals surface area contributed by atoms with Gasteiger partial charge in [-0.2, -0.15) is 0 Å². The molecule has 0 saturated carbocycles. The first kappa shape index (κ1) is 16.9. The fourth-order valence-electron chi connectivity index (χ4n) is 3.18. The minimum absolute atomic E-state index is 0.0993. The van der Waals surface area contributed by atoms with Crippen molar-refractivity contribution in [2.45, 2.75) is 31.8 Å². The van der Waals surface area contributed by atoms with Gasteiger partial charge in [0.2, 0.25) is 5.91 Å². The first-order valence-electron chi connectivity index (χ1n) is 8.65. The molecule has 3 heterocycles. The molecule has 0 aliphatic carbocycles. The monoisotopic (exact) mass is 368 g/mol. The van der Waals surface area contributed by atoms with Crippen LogP contribution in [0.4, 0.5) is 0 Å². The van der Waals surface area contributed by atoms with E-state index in [9.17, 15) is 4.79 Å². The number of nitrogens with zero attached hydrogens (tertiary/aromatic N) is 4. The maximum Gasteiger partial charge on any atom is 0.234 e. The Hall–Kier alpha value is -2.54. The molecular weight excluding hydrogens is 348 g/mol. The van der Waals surface area contributed by atoms with E-state index in [4.69, 9.17) is 4.42 Å². The number of rotatable bonds is 6. The van der Waals surface area contributed by atoms with E-state index in [0.717, 1.165) is 17.9 Å². The normalized spacial score (nSPS) is 17.2. The Morgan fingerprint density at radius 1 is 1.19 bits per heavy atom. The minimum Gasteiger partial charge on any atom is -0.467 e. The highest BCUT2D eigenvalue weighted by Gasteiger charge is 2.35. The van der Waals surface area contributed by atoms with Gasteiger partial charge in [0.25, 0.3) is 0 Å². The molecule has 1 fully saturated rings. The molecule has 1 aromatic carbocycles. The van der Waals surface area contributed by atoms with Crippen LogP contribution < -0.4 is 0 Å². The van der Waals surface area contributed by atoms with Gasteiger partial charge in [-0.1, -0.05) is 36.4 Å². The molecule has 0 spiro atoms. The second-order valence-electron chi connectivity index (χ2n) is 6.23. The van der Waals surface area contributed by atoms with Gasteiger partial charge < -0.3 is 9.32 Å². The van der Waals surface area contributed by atoms with Crippen LogP contribution in [0.2, 0.25) is 0 Å². The lowest BCUT2D eigenvalue weighted by atomic mass is 10.1. The summed E-state index contributed by atoms with van der Waals surface area (Å²) in [5.41, 5.74) is 3.37. The SMILES string of the molecule is CCc1ccccc1Cn1cc([C@@H]2SCC(=O)N2Cc2ccco2)nn1. The molecule has 1 atom stereocenters. The number of hydrogen-bond donors (Lipinski definition) is 0. The summed E-state index contributed by atoms with van der Waals surface area (Å²) in [7, 11) is 0. The van der Waals surface area contributed by atoms with Crippen molar-refractivity contribution < 1.29 is 9.21 Å². The smallest absolute Gasteiger partial charge is 0.234 e. The number of carbonyl (C=O) groups is 1. The third kappa shape index (κ3) is 3.39. The molecule has 1 amide bonds. The lowest BCUT2D eigenvalue weighted by Crippen LogP contribution is -2.27. The first-order valence-corrected chi connectivity index (χ1v) is 9.69. The van der Waals surface area contributed by atoms with Crippen LogP contribution in [0.5, 0.6) is 0 Å². The molecular formula is C19H20N4O2S. The van der Waals surface area contributed by atoms with Gasteiger partial charge in [0.15, 0.2) is 0 Å². The van der Waals surface area contributed by atoms with E-state index in [1.165, 1.54) is 11.1 Å². The van der Waals surface area contributed by atoms with E-state index >= 15 is 0 Å². The predicted octanol–water partition coefficient (Wildman–Crippen LogP) is 3.26. The first-order chi connectivity index (χ1) is 12.7. The maximum absolute atomic E-state index is 12.3. The van der Waals surface area contributed by atoms with E-state index in [0.29, 0.717) is 18.8 Å². The van der Waals surface area contributed by atoms with Gasteiger partial charge in [-0.3, -0.25) is 4.79 Å². The minimum atomic E-state index is -0.122. The van der Waals surface area contributed by atoms with Crippen LogP contribution >= 0.6 is 11.8 Å². The Labute approximate surface area is 156 Å². The zero-order valence-corrected chi connectivity index (χ0v) is 15.4. The van der Waals surface area contributed by atoms with Gasteiger partial charge in [0.05, 0.1) is 31.3 Å². The second kappa shape index (κ2) is 7.37. The van der Waals surface area contributed by atoms with Gasteiger partial charge in [0.1, 0.15) is 16.8 Å². The number of benzene rings is 1. The Bertz CT molecular complexity index is 891. The van der Waals surface area contributed by atoms with Crippen molar-refractivity contribution >= 4 is 17.7 Å². The van der Waals surface area contributed by atoms with Crippen LogP contribution in [0.1, 0.15) is 34.9 Å². The van der Waals surface area contributed by atoms with Crippen LogP contribution in [-0.4, -0.2) is 31.6 Å². The number of amides is 1. The Morgan fingerprint density at radius 3 is 2.81 bits per heavy atom. The third-order valence-corrected chi connectivity index (χ3v) is 5.74. The molecule has 1 aliphatic rings. The van der Waals surface area contributed by atoms with Crippen molar-refractivity contribution in [2.75, 3.05) is 5.75 Å². The number of aromatic nitrogens is 3. The lowest BCUT2D eigenvalue weighted by molar-refractivity contribution is -0.128. The number of thioether (sulfide) groups is 1. The Kier molecular flexibility index (Phi) is 4.79. The quantitative estimate of drug-likeness (QED) is 0.668. The molecule has 0 unspecified atom stereocenters. The van der Waals surface area contributed by atoms with Crippen LogP contribution in [0.15, 0.2) is 53.3 Å². The molecule has 0 N–H and O–H groups in total. The summed E-state index contributed by atoms with van der Waals surface area (Å²) >= 11 is 1.58. The molecule has 0 radical (unpaired) electrons. The average molecular weight is 368 g/mol. The highest BCUT2D eigenvalue weighted by molar-refractivity contribution is 8.00. The number of furan rings is 1. The zero-order chi connectivity index (χ0) is 17.9. The number of aryl methyl sites for hydroxylation is 1. The maximum atomic E-state index is 12.3. The Morgan fingerprint density at radius 2 is 2.04 bits per heavy atom. The third-order valence-electron chi connectivity index (χ3n) is 4.52. The summed E-state index contributed by atoms with van der Waals surface area (Å²) in [4.78, 5) is 14.1. The van der Waals surface area contributed by atoms with Gasteiger partial charge in [0, 0.05) is 0 Å². The van der Waals surface area contributed by atoms with Crippen LogP contribution in [-0.2, 0) is 24.3 Å². The fourth-order valence-corrected chi connectivity index (χ4v) is 4.29. The summed E-state index contributed by atoms with van der Waals surface area (Å²) in [6, 6.07) is 12.1. The van der Waals surface area contributed by atoms with Crippen molar-refractivity contribution in [1.29, 1.82) is 0 Å². The van der Waals surface area contributed by atoms with Crippen molar-refractivity contribution in [3.05, 3.63) is 71.4 Å². The van der Waals surface area contributed by atoms with Gasteiger partial charge in [-0.15, -0.1) is 16.9 Å². The average Bonchev–Trinajstić information content (AvgIpc) is 3.39. The second-order valence-corrected chi connectivity index (χ2v) is 7.30. The van der Waals surface area contributed by atoms with Crippen molar-refractivity contribution in [3.63, 3.8) is 0 Å². The van der Waals surface area contributed by atoms with Gasteiger partial charge in [-0.25, -0.2) is 4.68 Å². The lowest BCUT2D eigenvalue weighted by Gasteiger charge is -2.20. The van der Waals surface area contributed by atoms with E-state index in [2.05, 4.69) is 35.4 Å². The van der Waals surface area contributed by atoms with Crippen LogP contribution in [0.25, 0.3) is 0 Å². The number of carbonyl (C=O) groups excluding carboxylic acids is 1. The van der Waals surface area contributed by atoms with E-state index in [1.807, 2.05) is 29.1 Å². The molecule has 6 nitrogen and oxygen atoms in total. The van der Waals surface area contributed by atoms with E-state index in [1.54, 1.807) is 22.9 Å². The van der Waals surface area contributed by atoms with E-state index in [-0.39, 0.29) is 11.3 Å². The molecule has 3 aromatic rings. The molecule has 0 bridgehead atoms. The summed E-state index contributed by atoms with van der Waals surface area (Å²) in [5.74, 6) is 1.33. The largest absolute Gasteiger partial charge is 0.467 e. The Balaban J connectivity index is 1.52. The van der Waals surface area contributed by atoms with Crippen molar-refractivity contribution in [1.82, 2.24) is 19.9 Å². The highest BCUT2D eigenvalue weighted by Crippen LogP contribution is 2.38. The fraction of sp³-hybridized carbons (Fsp3) is 0.316.